The van der Waals surface area contributed by atoms with Gasteiger partial charge in [-0.05, 0) is 23.6 Å². The Bertz CT molecular complexity index is 593. The van der Waals surface area contributed by atoms with Crippen molar-refractivity contribution in [1.82, 2.24) is 0 Å². The number of nitrogens with one attached hydrogen (secondary N) is 1. The summed E-state index contributed by atoms with van der Waals surface area (Å²) in [6.07, 6.45) is 0.268. The molecule has 0 radical (unpaired) electrons. The standard InChI is InChI=1S/C12H15ClFNO3S/c1-12(2,3)7-11(16)15-8-4-5-10(9(14)6-8)19(13,17)18/h4-6H,7H2,1-3H3,(H,15,16). The maximum atomic E-state index is 13.5. The molecule has 1 amide bonds. The maximum Gasteiger partial charge on any atom is 0.264 e. The number of amides is 1. The van der Waals surface area contributed by atoms with E-state index in [2.05, 4.69) is 5.32 Å². The van der Waals surface area contributed by atoms with Gasteiger partial charge >= 0.3 is 0 Å². The molecule has 0 atom stereocenters. The van der Waals surface area contributed by atoms with E-state index in [1.807, 2.05) is 20.8 Å². The van der Waals surface area contributed by atoms with Crippen LogP contribution in [-0.4, -0.2) is 14.3 Å². The number of anilines is 1. The molecule has 106 valence electrons. The van der Waals surface area contributed by atoms with Crippen molar-refractivity contribution in [3.8, 4) is 0 Å². The minimum absolute atomic E-state index is 0.191. The quantitative estimate of drug-likeness (QED) is 0.873. The number of benzene rings is 1. The molecule has 0 aliphatic carbocycles. The van der Waals surface area contributed by atoms with Gasteiger partial charge in [0.05, 0.1) is 0 Å². The van der Waals surface area contributed by atoms with Gasteiger partial charge in [0.25, 0.3) is 9.05 Å². The zero-order valence-electron chi connectivity index (χ0n) is 10.8. The van der Waals surface area contributed by atoms with Crippen LogP contribution >= 0.6 is 10.7 Å². The van der Waals surface area contributed by atoms with E-state index in [-0.39, 0.29) is 23.4 Å². The molecule has 1 aromatic carbocycles. The summed E-state index contributed by atoms with van der Waals surface area (Å²) in [6.45, 7) is 5.70. The largest absolute Gasteiger partial charge is 0.326 e. The third kappa shape index (κ3) is 5.16. The fraction of sp³-hybridized carbons (Fsp3) is 0.417. The average molecular weight is 308 g/mol. The molecule has 19 heavy (non-hydrogen) atoms. The van der Waals surface area contributed by atoms with Gasteiger partial charge in [-0.3, -0.25) is 4.79 Å². The Morgan fingerprint density at radius 1 is 1.37 bits per heavy atom. The first-order chi connectivity index (χ1) is 8.49. The van der Waals surface area contributed by atoms with Gasteiger partial charge in [-0.25, -0.2) is 12.8 Å². The van der Waals surface area contributed by atoms with Crippen LogP contribution in [0.25, 0.3) is 0 Å². The van der Waals surface area contributed by atoms with Crippen molar-refractivity contribution in [1.29, 1.82) is 0 Å². The van der Waals surface area contributed by atoms with Gasteiger partial charge in [0.2, 0.25) is 5.91 Å². The van der Waals surface area contributed by atoms with E-state index in [0.29, 0.717) is 0 Å². The molecule has 0 heterocycles. The zero-order valence-corrected chi connectivity index (χ0v) is 12.4. The molecule has 4 nitrogen and oxygen atoms in total. The lowest BCUT2D eigenvalue weighted by Crippen LogP contribution is -2.19. The molecule has 0 bridgehead atoms. The van der Waals surface area contributed by atoms with Gasteiger partial charge in [-0.2, -0.15) is 0 Å². The lowest BCUT2D eigenvalue weighted by atomic mass is 9.92. The monoisotopic (exact) mass is 307 g/mol. The van der Waals surface area contributed by atoms with E-state index < -0.39 is 19.8 Å². The average Bonchev–Trinajstić information content (AvgIpc) is 2.11. The third-order valence-electron chi connectivity index (χ3n) is 2.17. The molecule has 0 unspecified atom stereocenters. The number of carbonyl (C=O) groups is 1. The van der Waals surface area contributed by atoms with Crippen LogP contribution in [0, 0.1) is 11.2 Å². The van der Waals surface area contributed by atoms with Gasteiger partial charge in [0.1, 0.15) is 10.7 Å². The lowest BCUT2D eigenvalue weighted by molar-refractivity contribution is -0.117. The van der Waals surface area contributed by atoms with Gasteiger partial charge in [0.15, 0.2) is 0 Å². The summed E-state index contributed by atoms with van der Waals surface area (Å²) in [5, 5.41) is 2.50. The Morgan fingerprint density at radius 2 is 1.95 bits per heavy atom. The van der Waals surface area contributed by atoms with Crippen LogP contribution in [0.2, 0.25) is 0 Å². The Kier molecular flexibility index (Phi) is 4.58. The summed E-state index contributed by atoms with van der Waals surface area (Å²) in [6, 6.07) is 3.24. The first-order valence-corrected chi connectivity index (χ1v) is 7.84. The van der Waals surface area contributed by atoms with E-state index in [1.165, 1.54) is 6.07 Å². The predicted octanol–water partition coefficient (Wildman–Crippen LogP) is 3.13. The van der Waals surface area contributed by atoms with Gasteiger partial charge in [-0.1, -0.05) is 20.8 Å². The second-order valence-corrected chi connectivity index (χ2v) is 7.90. The molecule has 0 saturated carbocycles. The Labute approximate surface area is 116 Å². The molecule has 0 aliphatic rings. The molecule has 0 aromatic heterocycles. The number of carbonyl (C=O) groups excluding carboxylic acids is 1. The smallest absolute Gasteiger partial charge is 0.264 e. The van der Waals surface area contributed by atoms with E-state index >= 15 is 0 Å². The Balaban J connectivity index is 2.89. The van der Waals surface area contributed by atoms with Crippen molar-refractivity contribution in [2.75, 3.05) is 5.32 Å². The molecule has 1 rings (SSSR count). The fourth-order valence-corrected chi connectivity index (χ4v) is 2.36. The molecule has 0 aliphatic heterocycles. The van der Waals surface area contributed by atoms with Crippen molar-refractivity contribution in [3.05, 3.63) is 24.0 Å². The van der Waals surface area contributed by atoms with E-state index in [0.717, 1.165) is 12.1 Å². The first kappa shape index (κ1) is 15.9. The van der Waals surface area contributed by atoms with Crippen LogP contribution in [0.1, 0.15) is 27.2 Å². The highest BCUT2D eigenvalue weighted by Gasteiger charge is 2.18. The molecule has 0 saturated heterocycles. The lowest BCUT2D eigenvalue weighted by Gasteiger charge is -2.17. The number of halogens is 2. The van der Waals surface area contributed by atoms with Crippen molar-refractivity contribution in [3.63, 3.8) is 0 Å². The van der Waals surface area contributed by atoms with Crippen molar-refractivity contribution >= 4 is 31.3 Å². The summed E-state index contributed by atoms with van der Waals surface area (Å²) in [5.74, 6) is -1.27. The van der Waals surface area contributed by atoms with Crippen molar-refractivity contribution in [2.45, 2.75) is 32.1 Å². The molecule has 0 spiro atoms. The maximum absolute atomic E-state index is 13.5. The highest BCUT2D eigenvalue weighted by molar-refractivity contribution is 8.13. The van der Waals surface area contributed by atoms with Crippen LogP contribution in [0.4, 0.5) is 10.1 Å². The second-order valence-electron chi connectivity index (χ2n) is 5.37. The van der Waals surface area contributed by atoms with Crippen LogP contribution in [0.3, 0.4) is 0 Å². The Hall–Kier alpha value is -1.14. The molecule has 0 fully saturated rings. The van der Waals surface area contributed by atoms with Crippen LogP contribution in [-0.2, 0) is 13.8 Å². The minimum atomic E-state index is -4.12. The normalized spacial score (nSPS) is 12.3. The van der Waals surface area contributed by atoms with Crippen LogP contribution in [0.5, 0.6) is 0 Å². The number of rotatable bonds is 3. The number of hydrogen-bond donors (Lipinski definition) is 1. The molecule has 1 N–H and O–H groups in total. The topological polar surface area (TPSA) is 63.2 Å². The van der Waals surface area contributed by atoms with E-state index in [1.54, 1.807) is 0 Å². The molecular weight excluding hydrogens is 293 g/mol. The van der Waals surface area contributed by atoms with Gasteiger partial charge in [0, 0.05) is 22.8 Å². The highest BCUT2D eigenvalue weighted by Crippen LogP contribution is 2.23. The molecule has 7 heteroatoms. The van der Waals surface area contributed by atoms with Crippen molar-refractivity contribution in [2.24, 2.45) is 5.41 Å². The van der Waals surface area contributed by atoms with E-state index in [4.69, 9.17) is 10.7 Å². The predicted molar refractivity (Wildman–Crippen MR) is 72.1 cm³/mol. The SMILES string of the molecule is CC(C)(C)CC(=O)Nc1ccc(S(=O)(=O)Cl)c(F)c1. The molecular formula is C12H15ClFNO3S. The van der Waals surface area contributed by atoms with E-state index in [9.17, 15) is 17.6 Å². The van der Waals surface area contributed by atoms with Gasteiger partial charge < -0.3 is 5.32 Å². The van der Waals surface area contributed by atoms with Crippen LogP contribution < -0.4 is 5.32 Å². The summed E-state index contributed by atoms with van der Waals surface area (Å²) < 4.78 is 35.5. The second kappa shape index (κ2) is 5.46. The zero-order chi connectivity index (χ0) is 14.8. The Morgan fingerprint density at radius 3 is 2.37 bits per heavy atom. The van der Waals surface area contributed by atoms with Crippen LogP contribution in [0.15, 0.2) is 23.1 Å². The number of hydrogen-bond acceptors (Lipinski definition) is 3. The fourth-order valence-electron chi connectivity index (χ4n) is 1.46. The molecule has 1 aromatic rings. The third-order valence-corrected chi connectivity index (χ3v) is 3.52. The summed E-state index contributed by atoms with van der Waals surface area (Å²) in [7, 11) is 0.931. The highest BCUT2D eigenvalue weighted by atomic mass is 35.7. The summed E-state index contributed by atoms with van der Waals surface area (Å²) >= 11 is 0. The summed E-state index contributed by atoms with van der Waals surface area (Å²) in [4.78, 5) is 11.0. The minimum Gasteiger partial charge on any atom is -0.326 e. The summed E-state index contributed by atoms with van der Waals surface area (Å²) in [5.41, 5.74) is -0.00184. The van der Waals surface area contributed by atoms with Crippen molar-refractivity contribution < 1.29 is 17.6 Å². The first-order valence-electron chi connectivity index (χ1n) is 5.53. The van der Waals surface area contributed by atoms with Gasteiger partial charge in [-0.15, -0.1) is 0 Å².